The van der Waals surface area contributed by atoms with E-state index < -0.39 is 5.60 Å². The second-order valence-corrected chi connectivity index (χ2v) is 6.96. The quantitative estimate of drug-likeness (QED) is 0.892. The number of imidazole rings is 1. The summed E-state index contributed by atoms with van der Waals surface area (Å²) in [6.45, 7) is 0.574. The summed E-state index contributed by atoms with van der Waals surface area (Å²) < 4.78 is 0. The molecule has 2 aliphatic rings. The third-order valence-electron chi connectivity index (χ3n) is 5.74. The molecule has 1 aliphatic carbocycles. The zero-order valence-corrected chi connectivity index (χ0v) is 13.7. The van der Waals surface area contributed by atoms with Crippen LogP contribution < -0.4 is 0 Å². The molecule has 1 saturated carbocycles. The smallest absolute Gasteiger partial charge is 0.272 e. The largest absolute Gasteiger partial charge is 0.385 e. The van der Waals surface area contributed by atoms with E-state index in [1.165, 1.54) is 6.33 Å². The number of aliphatic hydroxyl groups is 1. The number of benzene rings is 1. The van der Waals surface area contributed by atoms with Crippen LogP contribution in [-0.4, -0.2) is 38.5 Å². The van der Waals surface area contributed by atoms with E-state index in [1.54, 1.807) is 6.20 Å². The van der Waals surface area contributed by atoms with Crippen molar-refractivity contribution >= 4 is 5.91 Å². The monoisotopic (exact) mass is 325 g/mol. The second kappa shape index (κ2) is 6.06. The maximum Gasteiger partial charge on any atom is 0.272 e. The second-order valence-electron chi connectivity index (χ2n) is 6.96. The van der Waals surface area contributed by atoms with Crippen molar-refractivity contribution in [2.24, 2.45) is 5.92 Å². The van der Waals surface area contributed by atoms with Crippen LogP contribution in [0.15, 0.2) is 42.9 Å². The first kappa shape index (κ1) is 15.4. The normalized spacial score (nSPS) is 30.0. The van der Waals surface area contributed by atoms with Crippen molar-refractivity contribution in [3.8, 4) is 0 Å². The van der Waals surface area contributed by atoms with Crippen LogP contribution in [0.5, 0.6) is 0 Å². The molecule has 1 aromatic heterocycles. The van der Waals surface area contributed by atoms with E-state index in [0.717, 1.165) is 31.2 Å². The van der Waals surface area contributed by atoms with Crippen LogP contribution in [-0.2, 0) is 5.60 Å². The molecule has 3 unspecified atom stereocenters. The summed E-state index contributed by atoms with van der Waals surface area (Å²) in [5.41, 5.74) is 0.678. The van der Waals surface area contributed by atoms with Gasteiger partial charge in [0.05, 0.1) is 18.1 Å². The molecule has 24 heavy (non-hydrogen) atoms. The third-order valence-corrected chi connectivity index (χ3v) is 5.74. The van der Waals surface area contributed by atoms with Crippen molar-refractivity contribution in [1.29, 1.82) is 0 Å². The van der Waals surface area contributed by atoms with Crippen molar-refractivity contribution in [2.75, 3.05) is 6.54 Å². The molecule has 1 aliphatic heterocycles. The molecule has 2 N–H and O–H groups in total. The molecule has 2 heterocycles. The summed E-state index contributed by atoms with van der Waals surface area (Å²) in [4.78, 5) is 21.7. The Bertz CT molecular complexity index is 701. The van der Waals surface area contributed by atoms with Crippen LogP contribution in [0.2, 0.25) is 0 Å². The summed E-state index contributed by atoms with van der Waals surface area (Å²) in [6.07, 6.45) is 7.84. The third kappa shape index (κ3) is 2.44. The van der Waals surface area contributed by atoms with Gasteiger partial charge in [0.15, 0.2) is 0 Å². The lowest BCUT2D eigenvalue weighted by Crippen LogP contribution is -2.59. The lowest BCUT2D eigenvalue weighted by molar-refractivity contribution is -0.110. The van der Waals surface area contributed by atoms with Crippen molar-refractivity contribution in [3.63, 3.8) is 0 Å². The van der Waals surface area contributed by atoms with Gasteiger partial charge < -0.3 is 15.0 Å². The van der Waals surface area contributed by atoms with Crippen molar-refractivity contribution < 1.29 is 9.90 Å². The van der Waals surface area contributed by atoms with Gasteiger partial charge in [-0.2, -0.15) is 0 Å². The van der Waals surface area contributed by atoms with E-state index in [4.69, 9.17) is 0 Å². The van der Waals surface area contributed by atoms with Crippen molar-refractivity contribution in [1.82, 2.24) is 14.9 Å². The number of fused-ring (bicyclic) bond motifs is 1. The number of hydrogen-bond acceptors (Lipinski definition) is 3. The number of hydrogen-bond donors (Lipinski definition) is 2. The topological polar surface area (TPSA) is 69.2 Å². The van der Waals surface area contributed by atoms with E-state index in [9.17, 15) is 9.90 Å². The molecule has 0 bridgehead atoms. The van der Waals surface area contributed by atoms with E-state index >= 15 is 0 Å². The van der Waals surface area contributed by atoms with Crippen LogP contribution in [0.1, 0.15) is 48.2 Å². The Hall–Kier alpha value is -2.14. The standard InChI is InChI=1S/C19H23N3O2/c23-18(16-12-20-13-21-16)22-11-10-19(24,14-6-2-1-3-7-14)15-8-4-5-9-17(15)22/h1-3,6-7,12-13,15,17,24H,4-5,8-11H2,(H,20,21). The maximum atomic E-state index is 12.8. The minimum atomic E-state index is -0.836. The van der Waals surface area contributed by atoms with Crippen LogP contribution in [0.3, 0.4) is 0 Å². The number of aromatic nitrogens is 2. The fraction of sp³-hybridized carbons (Fsp3) is 0.474. The highest BCUT2D eigenvalue weighted by atomic mass is 16.3. The molecular weight excluding hydrogens is 302 g/mol. The van der Waals surface area contributed by atoms with Crippen LogP contribution in [0.4, 0.5) is 0 Å². The highest BCUT2D eigenvalue weighted by Gasteiger charge is 2.50. The molecule has 1 saturated heterocycles. The number of nitrogens with zero attached hydrogens (tertiary/aromatic N) is 2. The Kier molecular flexibility index (Phi) is 3.88. The van der Waals surface area contributed by atoms with Gasteiger partial charge in [-0.05, 0) is 24.8 Å². The molecule has 2 aromatic rings. The zero-order valence-electron chi connectivity index (χ0n) is 13.7. The number of rotatable bonds is 2. The molecule has 0 radical (unpaired) electrons. The molecule has 2 fully saturated rings. The Morgan fingerprint density at radius 1 is 1.25 bits per heavy atom. The average Bonchev–Trinajstić information content (AvgIpc) is 3.17. The number of piperidine rings is 1. The summed E-state index contributed by atoms with van der Waals surface area (Å²) in [7, 11) is 0. The van der Waals surface area contributed by atoms with Gasteiger partial charge in [0.25, 0.3) is 5.91 Å². The Balaban J connectivity index is 1.66. The highest BCUT2D eigenvalue weighted by molar-refractivity contribution is 5.92. The van der Waals surface area contributed by atoms with Crippen molar-refractivity contribution in [2.45, 2.75) is 43.7 Å². The maximum absolute atomic E-state index is 12.8. The molecule has 4 rings (SSSR count). The fourth-order valence-electron chi connectivity index (χ4n) is 4.55. The van der Waals surface area contributed by atoms with Crippen LogP contribution in [0.25, 0.3) is 0 Å². The Morgan fingerprint density at radius 3 is 2.79 bits per heavy atom. The van der Waals surface area contributed by atoms with Gasteiger partial charge in [-0.1, -0.05) is 43.2 Å². The predicted octanol–water partition coefficient (Wildman–Crippen LogP) is 2.70. The summed E-state index contributed by atoms with van der Waals surface area (Å²) in [6, 6.07) is 10.0. The fourth-order valence-corrected chi connectivity index (χ4v) is 4.55. The number of aromatic amines is 1. The molecule has 5 nitrogen and oxygen atoms in total. The van der Waals surface area contributed by atoms with Gasteiger partial charge in [-0.25, -0.2) is 4.98 Å². The van der Waals surface area contributed by atoms with E-state index in [1.807, 2.05) is 35.2 Å². The lowest BCUT2D eigenvalue weighted by Gasteiger charge is -2.52. The molecule has 5 heteroatoms. The molecule has 1 aromatic carbocycles. The first-order chi connectivity index (χ1) is 11.7. The molecule has 3 atom stereocenters. The number of nitrogens with one attached hydrogen (secondary N) is 1. The summed E-state index contributed by atoms with van der Waals surface area (Å²) in [5.74, 6) is 0.0915. The van der Waals surface area contributed by atoms with Gasteiger partial charge in [-0.3, -0.25) is 4.79 Å². The molecule has 0 spiro atoms. The van der Waals surface area contributed by atoms with Gasteiger partial charge >= 0.3 is 0 Å². The first-order valence-electron chi connectivity index (χ1n) is 8.77. The number of carbonyl (C=O) groups is 1. The van der Waals surface area contributed by atoms with Gasteiger partial charge in [-0.15, -0.1) is 0 Å². The Morgan fingerprint density at radius 2 is 2.04 bits per heavy atom. The predicted molar refractivity (Wildman–Crippen MR) is 90.3 cm³/mol. The van der Waals surface area contributed by atoms with E-state index in [0.29, 0.717) is 18.7 Å². The number of H-pyrrole nitrogens is 1. The minimum Gasteiger partial charge on any atom is -0.385 e. The van der Waals surface area contributed by atoms with Gasteiger partial charge in [0.2, 0.25) is 0 Å². The highest BCUT2D eigenvalue weighted by Crippen LogP contribution is 2.47. The Labute approximate surface area is 141 Å². The SMILES string of the molecule is O=C(c1cnc[nH]1)N1CCC(O)(c2ccccc2)C2CCCCC21. The van der Waals surface area contributed by atoms with Gasteiger partial charge in [0.1, 0.15) is 5.69 Å². The summed E-state index contributed by atoms with van der Waals surface area (Å²) in [5, 5.41) is 11.5. The lowest BCUT2D eigenvalue weighted by atomic mass is 9.66. The van der Waals surface area contributed by atoms with Gasteiger partial charge in [0, 0.05) is 18.5 Å². The van der Waals surface area contributed by atoms with E-state index in [-0.39, 0.29) is 17.9 Å². The molecule has 126 valence electrons. The van der Waals surface area contributed by atoms with Crippen LogP contribution >= 0.6 is 0 Å². The zero-order chi connectivity index (χ0) is 16.6. The van der Waals surface area contributed by atoms with E-state index in [2.05, 4.69) is 9.97 Å². The average molecular weight is 325 g/mol. The first-order valence-corrected chi connectivity index (χ1v) is 8.77. The summed E-state index contributed by atoms with van der Waals surface area (Å²) >= 11 is 0. The molecular formula is C19H23N3O2. The molecule has 1 amide bonds. The number of carbonyl (C=O) groups excluding carboxylic acids is 1. The van der Waals surface area contributed by atoms with Crippen LogP contribution in [0, 0.1) is 5.92 Å². The number of amides is 1. The number of likely N-dealkylation sites (tertiary alicyclic amines) is 1. The minimum absolute atomic E-state index is 0.000452. The van der Waals surface area contributed by atoms with Crippen molar-refractivity contribution in [3.05, 3.63) is 54.1 Å².